The lowest BCUT2D eigenvalue weighted by molar-refractivity contribution is -0.132. The molecule has 7 heteroatoms. The van der Waals surface area contributed by atoms with E-state index in [0.717, 1.165) is 44.0 Å². The Morgan fingerprint density at radius 2 is 1.85 bits per heavy atom. The lowest BCUT2D eigenvalue weighted by Gasteiger charge is -2.50. The Morgan fingerprint density at radius 1 is 1.09 bits per heavy atom. The molecule has 6 nitrogen and oxygen atoms in total. The molecule has 2 aromatic rings. The lowest BCUT2D eigenvalue weighted by Crippen LogP contribution is -2.61. The standard InChI is InChI=1S/C27H34FN3O3/c1-33-25-11-20-8-9-30-17-24(31-16-19(14-28)10-27(31)32)22(29-15-18-6-4-3-5-7-18)13-23(30)21(20)12-26(25)34-2/h3-7,11-12,19,22-24,29H,8-10,13-17H2,1-2H3/t19-,22+,23+,24?/m1/s1. The zero-order valence-corrected chi connectivity index (χ0v) is 20.0. The molecule has 4 atom stereocenters. The molecule has 5 rings (SSSR count). The van der Waals surface area contributed by atoms with Crippen LogP contribution in [0.25, 0.3) is 0 Å². The Kier molecular flexibility index (Phi) is 6.75. The zero-order valence-electron chi connectivity index (χ0n) is 20.0. The number of benzene rings is 2. The minimum atomic E-state index is -0.432. The van der Waals surface area contributed by atoms with Crippen molar-refractivity contribution in [3.63, 3.8) is 0 Å². The smallest absolute Gasteiger partial charge is 0.223 e. The molecule has 0 aliphatic carbocycles. The molecule has 1 unspecified atom stereocenters. The van der Waals surface area contributed by atoms with Gasteiger partial charge in [0.05, 0.1) is 26.9 Å². The van der Waals surface area contributed by atoms with Crippen LogP contribution >= 0.6 is 0 Å². The molecule has 2 fully saturated rings. The maximum Gasteiger partial charge on any atom is 0.223 e. The third-order valence-electron chi connectivity index (χ3n) is 7.75. The van der Waals surface area contributed by atoms with Crippen molar-refractivity contribution < 1.29 is 18.7 Å². The van der Waals surface area contributed by atoms with Gasteiger partial charge in [-0.2, -0.15) is 0 Å². The number of likely N-dealkylation sites (tertiary alicyclic amines) is 1. The Hall–Kier alpha value is -2.64. The van der Waals surface area contributed by atoms with Crippen LogP contribution in [0.5, 0.6) is 11.5 Å². The molecule has 2 saturated heterocycles. The Bertz CT molecular complexity index is 1020. The number of fused-ring (bicyclic) bond motifs is 3. The van der Waals surface area contributed by atoms with Crippen LogP contribution in [0, 0.1) is 5.92 Å². The quantitative estimate of drug-likeness (QED) is 0.677. The summed E-state index contributed by atoms with van der Waals surface area (Å²) >= 11 is 0. The molecule has 0 spiro atoms. The van der Waals surface area contributed by atoms with Gasteiger partial charge in [0.15, 0.2) is 11.5 Å². The first kappa shape index (κ1) is 23.1. The van der Waals surface area contributed by atoms with E-state index in [0.29, 0.717) is 13.0 Å². The van der Waals surface area contributed by atoms with Gasteiger partial charge in [-0.05, 0) is 41.7 Å². The number of nitrogens with zero attached hydrogens (tertiary/aromatic N) is 2. The normalized spacial score (nSPS) is 26.8. The van der Waals surface area contributed by atoms with Crippen molar-refractivity contribution in [3.8, 4) is 11.5 Å². The van der Waals surface area contributed by atoms with Crippen LogP contribution in [0.2, 0.25) is 0 Å². The van der Waals surface area contributed by atoms with Gasteiger partial charge in [-0.1, -0.05) is 30.3 Å². The molecule has 1 amide bonds. The van der Waals surface area contributed by atoms with Gasteiger partial charge in [0.25, 0.3) is 0 Å². The molecule has 3 aliphatic rings. The van der Waals surface area contributed by atoms with Crippen molar-refractivity contribution in [1.82, 2.24) is 15.1 Å². The molecule has 0 radical (unpaired) electrons. The average Bonchev–Trinajstić information content (AvgIpc) is 3.26. The van der Waals surface area contributed by atoms with Crippen LogP contribution in [0.1, 0.15) is 35.6 Å². The van der Waals surface area contributed by atoms with Gasteiger partial charge in [-0.15, -0.1) is 0 Å². The van der Waals surface area contributed by atoms with Gasteiger partial charge in [0, 0.05) is 50.6 Å². The molecule has 1 N–H and O–H groups in total. The third-order valence-corrected chi connectivity index (χ3v) is 7.75. The summed E-state index contributed by atoms with van der Waals surface area (Å²) in [6.45, 7) is 2.55. The maximum absolute atomic E-state index is 13.4. The van der Waals surface area contributed by atoms with E-state index in [-0.39, 0.29) is 30.0 Å². The first-order chi connectivity index (χ1) is 16.6. The second-order valence-electron chi connectivity index (χ2n) is 9.71. The van der Waals surface area contributed by atoms with Gasteiger partial charge in [-0.25, -0.2) is 0 Å². The highest BCUT2D eigenvalue weighted by Crippen LogP contribution is 2.43. The summed E-state index contributed by atoms with van der Waals surface area (Å²) in [4.78, 5) is 17.3. The summed E-state index contributed by atoms with van der Waals surface area (Å²) in [6, 6.07) is 15.0. The number of hydrogen-bond donors (Lipinski definition) is 1. The highest BCUT2D eigenvalue weighted by atomic mass is 19.1. The number of carbonyl (C=O) groups is 1. The lowest BCUT2D eigenvalue weighted by atomic mass is 9.82. The molecule has 0 bridgehead atoms. The number of carbonyl (C=O) groups excluding carboxylic acids is 1. The molecule has 3 heterocycles. The number of ether oxygens (including phenoxy) is 2. The van der Waals surface area contributed by atoms with Crippen LogP contribution in [-0.2, 0) is 17.8 Å². The van der Waals surface area contributed by atoms with Crippen molar-refractivity contribution in [1.29, 1.82) is 0 Å². The predicted octanol–water partition coefficient (Wildman–Crippen LogP) is 3.35. The van der Waals surface area contributed by atoms with E-state index in [2.05, 4.69) is 34.5 Å². The van der Waals surface area contributed by atoms with Crippen molar-refractivity contribution >= 4 is 5.91 Å². The molecule has 0 saturated carbocycles. The van der Waals surface area contributed by atoms with Crippen molar-refractivity contribution in [2.24, 2.45) is 5.92 Å². The van der Waals surface area contributed by atoms with Crippen LogP contribution in [0.4, 0.5) is 4.39 Å². The monoisotopic (exact) mass is 467 g/mol. The number of halogens is 1. The summed E-state index contributed by atoms with van der Waals surface area (Å²) in [5, 5.41) is 3.76. The van der Waals surface area contributed by atoms with Gasteiger partial charge >= 0.3 is 0 Å². The fourth-order valence-corrected chi connectivity index (χ4v) is 5.95. The van der Waals surface area contributed by atoms with E-state index in [1.54, 1.807) is 14.2 Å². The Balaban J connectivity index is 1.43. The third kappa shape index (κ3) is 4.39. The maximum atomic E-state index is 13.4. The van der Waals surface area contributed by atoms with E-state index in [1.807, 2.05) is 23.1 Å². The number of hydrogen-bond acceptors (Lipinski definition) is 5. The fraction of sp³-hybridized carbons (Fsp3) is 0.519. The van der Waals surface area contributed by atoms with E-state index < -0.39 is 6.67 Å². The summed E-state index contributed by atoms with van der Waals surface area (Å²) in [5.74, 6) is 1.42. The summed E-state index contributed by atoms with van der Waals surface area (Å²) in [6.07, 6.45) is 2.13. The molecule has 34 heavy (non-hydrogen) atoms. The SMILES string of the molecule is COc1cc2c(cc1OC)[C@@H]1C[C@H](NCc3ccccc3)C(N3C[C@@H](CF)CC3=O)CN1CC2. The highest BCUT2D eigenvalue weighted by Gasteiger charge is 2.45. The number of rotatable bonds is 7. The predicted molar refractivity (Wildman–Crippen MR) is 129 cm³/mol. The first-order valence-corrected chi connectivity index (χ1v) is 12.2. The van der Waals surface area contributed by atoms with Crippen molar-refractivity contribution in [3.05, 3.63) is 59.2 Å². The van der Waals surface area contributed by atoms with Crippen LogP contribution in [-0.4, -0.2) is 68.3 Å². The first-order valence-electron chi connectivity index (χ1n) is 12.2. The topological polar surface area (TPSA) is 54.0 Å². The minimum absolute atomic E-state index is 0.0331. The number of amides is 1. The number of methoxy groups -OCH3 is 2. The molecule has 0 aromatic heterocycles. The van der Waals surface area contributed by atoms with Crippen LogP contribution < -0.4 is 14.8 Å². The van der Waals surface area contributed by atoms with Crippen molar-refractivity contribution in [2.75, 3.05) is 40.5 Å². The number of nitrogens with one attached hydrogen (secondary N) is 1. The van der Waals surface area contributed by atoms with Gasteiger partial charge in [0.1, 0.15) is 0 Å². The summed E-state index contributed by atoms with van der Waals surface area (Å²) in [7, 11) is 3.35. The van der Waals surface area contributed by atoms with E-state index in [1.165, 1.54) is 16.7 Å². The summed E-state index contributed by atoms with van der Waals surface area (Å²) in [5.41, 5.74) is 3.80. The second kappa shape index (κ2) is 9.92. The van der Waals surface area contributed by atoms with Gasteiger partial charge in [0.2, 0.25) is 5.91 Å². The molecule has 2 aromatic carbocycles. The zero-order chi connectivity index (χ0) is 23.7. The minimum Gasteiger partial charge on any atom is -0.493 e. The van der Waals surface area contributed by atoms with Crippen LogP contribution in [0.15, 0.2) is 42.5 Å². The Morgan fingerprint density at radius 3 is 2.56 bits per heavy atom. The van der Waals surface area contributed by atoms with E-state index >= 15 is 0 Å². The van der Waals surface area contributed by atoms with Crippen LogP contribution in [0.3, 0.4) is 0 Å². The van der Waals surface area contributed by atoms with E-state index in [4.69, 9.17) is 9.47 Å². The highest BCUT2D eigenvalue weighted by molar-refractivity contribution is 5.79. The average molecular weight is 468 g/mol. The van der Waals surface area contributed by atoms with E-state index in [9.17, 15) is 9.18 Å². The molecule has 3 aliphatic heterocycles. The second-order valence-corrected chi connectivity index (χ2v) is 9.71. The van der Waals surface area contributed by atoms with Gasteiger partial charge in [-0.3, -0.25) is 14.1 Å². The van der Waals surface area contributed by atoms with Gasteiger partial charge < -0.3 is 19.7 Å². The largest absolute Gasteiger partial charge is 0.493 e. The fourth-order valence-electron chi connectivity index (χ4n) is 5.95. The molecule has 182 valence electrons. The number of alkyl halides is 1. The Labute approximate surface area is 201 Å². The summed E-state index contributed by atoms with van der Waals surface area (Å²) < 4.78 is 24.6. The van der Waals surface area contributed by atoms with Crippen molar-refractivity contribution in [2.45, 2.75) is 43.9 Å². The molecular formula is C27H34FN3O3. The number of piperidine rings is 1. The molecular weight excluding hydrogens is 433 g/mol.